The summed E-state index contributed by atoms with van der Waals surface area (Å²) in [6.45, 7) is 3.32. The van der Waals surface area contributed by atoms with E-state index >= 15 is 0 Å². The predicted octanol–water partition coefficient (Wildman–Crippen LogP) is 0.811. The first-order chi connectivity index (χ1) is 3.25. The normalized spacial score (nSPS) is 12.7. The van der Waals surface area contributed by atoms with E-state index in [2.05, 4.69) is 0 Å². The minimum atomic E-state index is -1.34. The van der Waals surface area contributed by atoms with Crippen molar-refractivity contribution >= 4 is 23.2 Å². The molecule has 0 unspecified atom stereocenters. The van der Waals surface area contributed by atoms with Crippen molar-refractivity contribution in [3.8, 4) is 0 Å². The van der Waals surface area contributed by atoms with E-state index in [-0.39, 0.29) is 21.1 Å². The number of hydrogen-bond acceptors (Lipinski definition) is 2. The SMILES string of the molecule is CC(C)(N)C(N)(Cl)Cl.[Pt]. The molecule has 0 radical (unpaired) electrons. The van der Waals surface area contributed by atoms with Crippen LogP contribution in [-0.2, 0) is 21.1 Å². The molecular formula is C4H10Cl2N2Pt. The van der Waals surface area contributed by atoms with Crippen LogP contribution in [0.4, 0.5) is 0 Å². The number of halogens is 2. The van der Waals surface area contributed by atoms with Gasteiger partial charge in [0.05, 0.1) is 5.54 Å². The van der Waals surface area contributed by atoms with Crippen LogP contribution in [-0.4, -0.2) is 10.00 Å². The molecule has 0 aromatic rings. The molecule has 60 valence electrons. The van der Waals surface area contributed by atoms with Gasteiger partial charge in [-0.15, -0.1) is 0 Å². The van der Waals surface area contributed by atoms with Crippen LogP contribution >= 0.6 is 23.2 Å². The van der Waals surface area contributed by atoms with Crippen LogP contribution in [0.2, 0.25) is 0 Å². The molecule has 0 atom stereocenters. The number of rotatable bonds is 1. The zero-order valence-electron chi connectivity index (χ0n) is 5.23. The Hall–Kier alpha value is 1.19. The van der Waals surface area contributed by atoms with E-state index in [1.807, 2.05) is 0 Å². The predicted molar refractivity (Wildman–Crippen MR) is 36.9 cm³/mol. The van der Waals surface area contributed by atoms with Gasteiger partial charge in [-0.2, -0.15) is 0 Å². The average molecular weight is 352 g/mol. The molecule has 0 saturated carbocycles. The van der Waals surface area contributed by atoms with Crippen LogP contribution in [0.3, 0.4) is 0 Å². The summed E-state index contributed by atoms with van der Waals surface area (Å²) in [5, 5.41) is 0. The summed E-state index contributed by atoms with van der Waals surface area (Å²) in [4.78, 5) is 0. The molecule has 5 heteroatoms. The quantitative estimate of drug-likeness (QED) is 0.542. The summed E-state index contributed by atoms with van der Waals surface area (Å²) in [7, 11) is 0. The molecule has 0 aliphatic rings. The van der Waals surface area contributed by atoms with Crippen molar-refractivity contribution in [1.82, 2.24) is 0 Å². The molecule has 0 aliphatic carbocycles. The number of nitrogens with two attached hydrogens (primary N) is 2. The fourth-order valence-corrected chi connectivity index (χ4v) is 0. The topological polar surface area (TPSA) is 52.0 Å². The molecule has 2 nitrogen and oxygen atoms in total. The third kappa shape index (κ3) is 4.57. The maximum atomic E-state index is 5.43. The third-order valence-corrected chi connectivity index (χ3v) is 1.83. The van der Waals surface area contributed by atoms with E-state index in [1.165, 1.54) is 0 Å². The Balaban J connectivity index is 0. The van der Waals surface area contributed by atoms with Gasteiger partial charge in [-0.3, -0.25) is 5.73 Å². The second kappa shape index (κ2) is 3.54. The molecule has 0 spiro atoms. The van der Waals surface area contributed by atoms with Crippen molar-refractivity contribution in [2.75, 3.05) is 0 Å². The summed E-state index contributed by atoms with van der Waals surface area (Å²) in [6, 6.07) is 0. The summed E-state index contributed by atoms with van der Waals surface area (Å²) >= 11 is 10.9. The Labute approximate surface area is 79.5 Å². The molecule has 0 heterocycles. The Morgan fingerprint density at radius 3 is 1.22 bits per heavy atom. The van der Waals surface area contributed by atoms with E-state index < -0.39 is 10.00 Å². The monoisotopic (exact) mass is 351 g/mol. The van der Waals surface area contributed by atoms with Crippen molar-refractivity contribution in [3.05, 3.63) is 0 Å². The van der Waals surface area contributed by atoms with Crippen LogP contribution in [0.1, 0.15) is 13.8 Å². The Morgan fingerprint density at radius 1 is 1.11 bits per heavy atom. The van der Waals surface area contributed by atoms with Crippen LogP contribution in [0.25, 0.3) is 0 Å². The van der Waals surface area contributed by atoms with Gasteiger partial charge in [0.1, 0.15) is 0 Å². The molecule has 9 heavy (non-hydrogen) atoms. The molecular weight excluding hydrogens is 342 g/mol. The van der Waals surface area contributed by atoms with Crippen LogP contribution < -0.4 is 11.5 Å². The largest absolute Gasteiger partial charge is 0.322 e. The second-order valence-electron chi connectivity index (χ2n) is 2.34. The van der Waals surface area contributed by atoms with Gasteiger partial charge in [-0.25, -0.2) is 0 Å². The minimum Gasteiger partial charge on any atom is -0.322 e. The second-order valence-corrected chi connectivity index (χ2v) is 3.73. The molecule has 0 fully saturated rings. The van der Waals surface area contributed by atoms with Gasteiger partial charge in [0.2, 0.25) is 0 Å². The van der Waals surface area contributed by atoms with Crippen molar-refractivity contribution in [1.29, 1.82) is 0 Å². The van der Waals surface area contributed by atoms with Gasteiger partial charge in [0, 0.05) is 21.1 Å². The molecule has 0 aromatic heterocycles. The Bertz CT molecular complexity index is 71.5. The fourth-order valence-electron chi connectivity index (χ4n) is 0. The maximum absolute atomic E-state index is 5.43. The van der Waals surface area contributed by atoms with Gasteiger partial charge in [0.25, 0.3) is 0 Å². The van der Waals surface area contributed by atoms with Gasteiger partial charge in [-0.05, 0) is 13.8 Å². The summed E-state index contributed by atoms with van der Waals surface area (Å²) in [5.41, 5.74) is 9.89. The Kier molecular flexibility index (Phi) is 5.05. The van der Waals surface area contributed by atoms with Gasteiger partial charge < -0.3 is 5.73 Å². The van der Waals surface area contributed by atoms with Crippen molar-refractivity contribution < 1.29 is 21.1 Å². The van der Waals surface area contributed by atoms with Crippen LogP contribution in [0.15, 0.2) is 0 Å². The first-order valence-corrected chi connectivity index (χ1v) is 2.96. The van der Waals surface area contributed by atoms with E-state index in [0.717, 1.165) is 0 Å². The molecule has 0 saturated heterocycles. The van der Waals surface area contributed by atoms with Crippen molar-refractivity contribution in [2.45, 2.75) is 23.8 Å². The Morgan fingerprint density at radius 2 is 1.22 bits per heavy atom. The van der Waals surface area contributed by atoms with E-state index in [0.29, 0.717) is 0 Å². The van der Waals surface area contributed by atoms with E-state index in [9.17, 15) is 0 Å². The standard InChI is InChI=1S/C4H10Cl2N2.Pt/c1-3(2,7)4(5,6)8;/h7-8H2,1-2H3;. The third-order valence-electron chi connectivity index (χ3n) is 0.859. The first-order valence-electron chi connectivity index (χ1n) is 2.21. The van der Waals surface area contributed by atoms with E-state index in [1.54, 1.807) is 13.8 Å². The molecule has 0 aliphatic heterocycles. The molecule has 0 rings (SSSR count). The van der Waals surface area contributed by atoms with Crippen LogP contribution in [0.5, 0.6) is 0 Å². The molecule has 4 N–H and O–H groups in total. The maximum Gasteiger partial charge on any atom is 0.183 e. The average Bonchev–Trinajstić information content (AvgIpc) is 1.25. The minimum absolute atomic E-state index is 0. The molecule has 0 bridgehead atoms. The first kappa shape index (κ1) is 12.8. The summed E-state index contributed by atoms with van der Waals surface area (Å²) in [6.07, 6.45) is 0. The fraction of sp³-hybridized carbons (Fsp3) is 1.00. The zero-order chi connectivity index (χ0) is 7.00. The summed E-state index contributed by atoms with van der Waals surface area (Å²) in [5.74, 6) is 0. The van der Waals surface area contributed by atoms with Gasteiger partial charge in [0.15, 0.2) is 4.46 Å². The number of hydrogen-bond donors (Lipinski definition) is 2. The van der Waals surface area contributed by atoms with Gasteiger partial charge in [-0.1, -0.05) is 23.2 Å². The zero-order valence-corrected chi connectivity index (χ0v) is 9.01. The smallest absolute Gasteiger partial charge is 0.183 e. The van der Waals surface area contributed by atoms with E-state index in [4.69, 9.17) is 34.7 Å². The van der Waals surface area contributed by atoms with Crippen LogP contribution in [0, 0.1) is 0 Å². The van der Waals surface area contributed by atoms with Crippen molar-refractivity contribution in [2.24, 2.45) is 11.5 Å². The molecule has 0 amide bonds. The summed E-state index contributed by atoms with van der Waals surface area (Å²) < 4.78 is -1.34. The van der Waals surface area contributed by atoms with Crippen molar-refractivity contribution in [3.63, 3.8) is 0 Å². The molecule has 0 aromatic carbocycles. The van der Waals surface area contributed by atoms with Gasteiger partial charge >= 0.3 is 0 Å². The number of alkyl halides is 2.